The van der Waals surface area contributed by atoms with Crippen LogP contribution in [0.2, 0.25) is 0 Å². The Hall–Kier alpha value is -8.30. The van der Waals surface area contributed by atoms with Crippen molar-refractivity contribution < 1.29 is 9.47 Å². The highest BCUT2D eigenvalue weighted by atomic mass is 16.5. The molecular weight excluding hydrogens is 865 g/mol. The predicted octanol–water partition coefficient (Wildman–Crippen LogP) is 17.6. The van der Waals surface area contributed by atoms with Gasteiger partial charge in [-0.2, -0.15) is 0 Å². The molecule has 6 aromatic carbocycles. The number of aromatic nitrogens is 2. The van der Waals surface area contributed by atoms with E-state index >= 15 is 0 Å². The van der Waals surface area contributed by atoms with Crippen LogP contribution in [0.4, 0.5) is 0 Å². The molecule has 2 bridgehead atoms. The van der Waals surface area contributed by atoms with Gasteiger partial charge >= 0.3 is 0 Å². The van der Waals surface area contributed by atoms with E-state index in [0.717, 1.165) is 60.7 Å². The van der Waals surface area contributed by atoms with Crippen LogP contribution >= 0.6 is 0 Å². The molecule has 0 saturated heterocycles. The van der Waals surface area contributed by atoms with Gasteiger partial charge in [-0.1, -0.05) is 160 Å². The second-order valence-electron chi connectivity index (χ2n) is 18.6. The third-order valence-electron chi connectivity index (χ3n) is 14.5. The number of rotatable bonds is 8. The van der Waals surface area contributed by atoms with Crippen molar-refractivity contribution in [2.24, 2.45) is 0 Å². The lowest BCUT2D eigenvalue weighted by molar-refractivity contribution is 0.211. The molecule has 2 aromatic heterocycles. The molecule has 0 amide bonds. The van der Waals surface area contributed by atoms with E-state index in [2.05, 4.69) is 222 Å². The number of allylic oxidation sites excluding steroid dienone is 15. The fraction of sp³-hybridized carbons (Fsp3) is 0.149. The Morgan fingerprint density at radius 3 is 2.44 bits per heavy atom. The van der Waals surface area contributed by atoms with Gasteiger partial charge in [0.2, 0.25) is 0 Å². The van der Waals surface area contributed by atoms with E-state index in [4.69, 9.17) is 9.47 Å². The topological polar surface area (TPSA) is 28.3 Å². The summed E-state index contributed by atoms with van der Waals surface area (Å²) in [6.45, 7) is 6.10. The zero-order chi connectivity index (χ0) is 47.8. The molecule has 4 heteroatoms. The summed E-state index contributed by atoms with van der Waals surface area (Å²) in [4.78, 5) is 0. The van der Waals surface area contributed by atoms with Crippen molar-refractivity contribution in [2.45, 2.75) is 64.9 Å². The molecular formula is C67H56N2O2. The summed E-state index contributed by atoms with van der Waals surface area (Å²) in [5, 5.41) is 3.75. The van der Waals surface area contributed by atoms with Crippen LogP contribution in [-0.2, 0) is 12.8 Å². The summed E-state index contributed by atoms with van der Waals surface area (Å²) in [5.74, 6) is 3.03. The molecule has 4 heterocycles. The third kappa shape index (κ3) is 7.82. The predicted molar refractivity (Wildman–Crippen MR) is 298 cm³/mol. The first-order valence-electron chi connectivity index (χ1n) is 25.4. The molecule has 71 heavy (non-hydrogen) atoms. The summed E-state index contributed by atoms with van der Waals surface area (Å²) in [5.41, 5.74) is 21.6. The summed E-state index contributed by atoms with van der Waals surface area (Å²) >= 11 is 0. The molecule has 0 N–H and O–H groups in total. The number of nitrogens with zero attached hydrogens (tertiary/aromatic N) is 2. The number of benzene rings is 6. The van der Waals surface area contributed by atoms with Crippen LogP contribution in [0.3, 0.4) is 0 Å². The minimum atomic E-state index is 0.0469. The van der Waals surface area contributed by atoms with Gasteiger partial charge in [0, 0.05) is 63.0 Å². The van der Waals surface area contributed by atoms with E-state index in [1.165, 1.54) is 88.5 Å². The van der Waals surface area contributed by atoms with Gasteiger partial charge in [0.05, 0.1) is 22.2 Å². The second kappa shape index (κ2) is 18.9. The molecule has 5 aliphatic rings. The van der Waals surface area contributed by atoms with Crippen molar-refractivity contribution >= 4 is 44.4 Å². The summed E-state index contributed by atoms with van der Waals surface area (Å²) in [7, 11) is 0. The van der Waals surface area contributed by atoms with Gasteiger partial charge in [-0.3, -0.25) is 0 Å². The van der Waals surface area contributed by atoms with Crippen LogP contribution in [0, 0.1) is 0 Å². The molecule has 346 valence electrons. The third-order valence-corrected chi connectivity index (χ3v) is 14.5. The standard InChI is InChI=1S/C65H50N2O2.C2H6/c1-2-3-19-44(31-30-43-17-7-4-5-8-18-43)45-32-35-49(36-33-45)66-55-25-10-6-9-23-52(55)64-57(66)38-39-58-65(64)53-37-34-46(51-24-15-28-61-54(51)41-47-20-12-14-27-60(47)69-61)42-59(53)67(58)56-26-16-29-62-63(56)48-21-11-13-22-50(40-48)68-62;1-2/h2-17,20-24,26-29,31-39,42,48,50H,19,25,30,40-41H2,1H3;1-2H3/b3-2-,44-31+;. The molecule has 13 rings (SSSR count). The van der Waals surface area contributed by atoms with E-state index in [1.54, 1.807) is 0 Å². The first kappa shape index (κ1) is 43.9. The molecule has 2 atom stereocenters. The molecule has 0 radical (unpaired) electrons. The number of hydrogen-bond donors (Lipinski definition) is 0. The van der Waals surface area contributed by atoms with Gasteiger partial charge in [-0.05, 0) is 126 Å². The van der Waals surface area contributed by atoms with Crippen LogP contribution in [0.15, 0.2) is 218 Å². The highest BCUT2D eigenvalue weighted by molar-refractivity contribution is 6.24. The van der Waals surface area contributed by atoms with E-state index < -0.39 is 0 Å². The van der Waals surface area contributed by atoms with Crippen molar-refractivity contribution in [3.8, 4) is 39.8 Å². The molecule has 2 aliphatic heterocycles. The Kier molecular flexibility index (Phi) is 11.7. The van der Waals surface area contributed by atoms with Gasteiger partial charge in [-0.25, -0.2) is 0 Å². The average molecular weight is 921 g/mol. The maximum absolute atomic E-state index is 6.74. The average Bonchev–Trinajstić information content (AvgIpc) is 3.57. The lowest BCUT2D eigenvalue weighted by atomic mass is 9.88. The number of para-hydroxylation sites is 1. The maximum Gasteiger partial charge on any atom is 0.131 e. The fourth-order valence-corrected chi connectivity index (χ4v) is 11.4. The Balaban J connectivity index is 0.00000256. The largest absolute Gasteiger partial charge is 0.486 e. The number of fused-ring (bicyclic) bond motifs is 13. The molecule has 3 aliphatic carbocycles. The van der Waals surface area contributed by atoms with E-state index in [9.17, 15) is 0 Å². The van der Waals surface area contributed by atoms with Crippen LogP contribution in [0.5, 0.6) is 17.2 Å². The summed E-state index contributed by atoms with van der Waals surface area (Å²) < 4.78 is 18.3. The normalized spacial score (nSPS) is 17.2. The zero-order valence-electron chi connectivity index (χ0n) is 40.6. The zero-order valence-corrected chi connectivity index (χ0v) is 40.6. The molecule has 0 fully saturated rings. The van der Waals surface area contributed by atoms with Gasteiger partial charge in [0.15, 0.2) is 0 Å². The van der Waals surface area contributed by atoms with E-state index in [1.807, 2.05) is 26.0 Å². The quantitative estimate of drug-likeness (QED) is 0.112. The fourth-order valence-electron chi connectivity index (χ4n) is 11.4. The van der Waals surface area contributed by atoms with Crippen molar-refractivity contribution in [3.63, 3.8) is 0 Å². The van der Waals surface area contributed by atoms with Gasteiger partial charge in [-0.15, -0.1) is 5.73 Å². The second-order valence-corrected chi connectivity index (χ2v) is 18.6. The Bertz CT molecular complexity index is 3750. The highest BCUT2D eigenvalue weighted by Crippen LogP contribution is 2.49. The van der Waals surface area contributed by atoms with E-state index in [0.29, 0.717) is 0 Å². The Morgan fingerprint density at radius 2 is 1.54 bits per heavy atom. The van der Waals surface area contributed by atoms with Crippen LogP contribution in [0.1, 0.15) is 79.5 Å². The first-order valence-corrected chi connectivity index (χ1v) is 25.4. The minimum Gasteiger partial charge on any atom is -0.486 e. The van der Waals surface area contributed by atoms with Crippen molar-refractivity contribution in [3.05, 3.63) is 251 Å². The Morgan fingerprint density at radius 1 is 0.718 bits per heavy atom. The molecule has 0 saturated carbocycles. The lowest BCUT2D eigenvalue weighted by Crippen LogP contribution is -2.23. The highest BCUT2D eigenvalue weighted by Gasteiger charge is 2.32. The van der Waals surface area contributed by atoms with Crippen molar-refractivity contribution in [2.75, 3.05) is 0 Å². The summed E-state index contributed by atoms with van der Waals surface area (Å²) in [6, 6.07) is 42.6. The first-order chi connectivity index (χ1) is 35.2. The molecule has 4 nitrogen and oxygen atoms in total. The van der Waals surface area contributed by atoms with Crippen LogP contribution in [-0.4, -0.2) is 15.2 Å². The lowest BCUT2D eigenvalue weighted by Gasteiger charge is -2.31. The van der Waals surface area contributed by atoms with Crippen molar-refractivity contribution in [1.29, 1.82) is 0 Å². The maximum atomic E-state index is 6.74. The van der Waals surface area contributed by atoms with Crippen LogP contribution < -0.4 is 9.47 Å². The monoisotopic (exact) mass is 920 g/mol. The van der Waals surface area contributed by atoms with Gasteiger partial charge < -0.3 is 18.6 Å². The van der Waals surface area contributed by atoms with Gasteiger partial charge in [0.1, 0.15) is 23.4 Å². The molecule has 2 unspecified atom stereocenters. The molecule has 0 spiro atoms. The van der Waals surface area contributed by atoms with Gasteiger partial charge in [0.25, 0.3) is 0 Å². The van der Waals surface area contributed by atoms with E-state index in [-0.39, 0.29) is 12.0 Å². The summed E-state index contributed by atoms with van der Waals surface area (Å²) in [6.07, 6.45) is 39.3. The number of ether oxygens (including phenoxy) is 2. The van der Waals surface area contributed by atoms with Crippen LogP contribution in [0.25, 0.3) is 66.9 Å². The van der Waals surface area contributed by atoms with Crippen molar-refractivity contribution in [1.82, 2.24) is 9.13 Å². The minimum absolute atomic E-state index is 0.0469. The Labute approximate surface area is 416 Å². The number of hydrogen-bond acceptors (Lipinski definition) is 2. The molecule has 8 aromatic rings. The SMILES string of the molecule is C/C=C\C/C(=C\CC1=C=CC=CC=C1)c1ccc(-n2c3c(c4c5c6ccc(-c7cccc8c7Cc7ccccc7O8)cc6n(-c6cccc7c6C6C=CC=CC(C6)O7)c5ccc42)C=CC=CC3)cc1.CC. The smallest absolute Gasteiger partial charge is 0.131 e.